The summed E-state index contributed by atoms with van der Waals surface area (Å²) in [5.41, 5.74) is 0.196. The lowest BCUT2D eigenvalue weighted by Crippen LogP contribution is -2.52. The van der Waals surface area contributed by atoms with Crippen LogP contribution in [0, 0.1) is 5.41 Å². The molecule has 1 aliphatic rings. The fraction of sp³-hybridized carbons (Fsp3) is 0.632. The first kappa shape index (κ1) is 19.2. The quantitative estimate of drug-likeness (QED) is 0.619. The van der Waals surface area contributed by atoms with Gasteiger partial charge in [-0.3, -0.25) is 0 Å². The topological polar surface area (TPSA) is 58.9 Å². The van der Waals surface area contributed by atoms with Crippen LogP contribution in [0.1, 0.15) is 33.6 Å². The molecule has 0 saturated carbocycles. The van der Waals surface area contributed by atoms with Crippen LogP contribution in [0.15, 0.2) is 36.1 Å². The van der Waals surface area contributed by atoms with Gasteiger partial charge in [-0.2, -0.15) is 0 Å². The third-order valence-electron chi connectivity index (χ3n) is 5.06. The predicted molar refractivity (Wildman–Crippen MR) is 108 cm³/mol. The maximum atomic E-state index is 4.64. The fourth-order valence-corrected chi connectivity index (χ4v) is 3.70. The average Bonchev–Trinajstić information content (AvgIpc) is 3.14. The van der Waals surface area contributed by atoms with E-state index in [0.29, 0.717) is 12.1 Å². The molecule has 1 aliphatic heterocycles. The van der Waals surface area contributed by atoms with Gasteiger partial charge in [-0.15, -0.1) is 0 Å². The molecule has 26 heavy (non-hydrogen) atoms. The second kappa shape index (κ2) is 8.39. The third-order valence-corrected chi connectivity index (χ3v) is 5.62. The first-order valence-electron chi connectivity index (χ1n) is 9.29. The average molecular weight is 375 g/mol. The predicted octanol–water partition coefficient (Wildman–Crippen LogP) is 3.07. The van der Waals surface area contributed by atoms with Crippen molar-refractivity contribution >= 4 is 17.6 Å². The smallest absolute Gasteiger partial charge is 0.189 e. The molecule has 0 bridgehead atoms. The Balaban J connectivity index is 1.57. The number of anilines is 1. The molecule has 0 radical (unpaired) electrons. The van der Waals surface area contributed by atoms with E-state index in [1.165, 1.54) is 0 Å². The van der Waals surface area contributed by atoms with Crippen molar-refractivity contribution in [2.75, 3.05) is 24.2 Å². The number of rotatable bonds is 6. The Bertz CT molecular complexity index is 674. The Labute approximate surface area is 160 Å². The zero-order valence-corrected chi connectivity index (χ0v) is 17.0. The minimum atomic E-state index is 0.196. The maximum absolute atomic E-state index is 4.64. The summed E-state index contributed by atoms with van der Waals surface area (Å²) in [6, 6.07) is 2.97. The summed E-state index contributed by atoms with van der Waals surface area (Å²) in [6.07, 6.45) is 11.9. The highest BCUT2D eigenvalue weighted by molar-refractivity contribution is 7.98. The minimum absolute atomic E-state index is 0.196. The molecule has 0 aliphatic carbocycles. The van der Waals surface area contributed by atoms with Gasteiger partial charge in [0.15, 0.2) is 5.16 Å². The van der Waals surface area contributed by atoms with E-state index in [1.807, 2.05) is 37.2 Å². The van der Waals surface area contributed by atoms with Crippen molar-refractivity contribution in [3.8, 4) is 0 Å². The fourth-order valence-electron chi connectivity index (χ4n) is 3.35. The van der Waals surface area contributed by atoms with E-state index in [2.05, 4.69) is 50.5 Å². The van der Waals surface area contributed by atoms with Crippen molar-refractivity contribution in [2.45, 2.75) is 57.4 Å². The highest BCUT2D eigenvalue weighted by Crippen LogP contribution is 2.24. The lowest BCUT2D eigenvalue weighted by atomic mass is 9.85. The summed E-state index contributed by atoms with van der Waals surface area (Å²) in [5.74, 6) is 1.05. The van der Waals surface area contributed by atoms with Crippen LogP contribution in [0.25, 0.3) is 0 Å². The summed E-state index contributed by atoms with van der Waals surface area (Å²) in [7, 11) is 0. The lowest BCUT2D eigenvalue weighted by molar-refractivity contribution is 0.210. The molecule has 0 aromatic carbocycles. The van der Waals surface area contributed by atoms with E-state index >= 15 is 0 Å². The van der Waals surface area contributed by atoms with E-state index in [0.717, 1.165) is 43.5 Å². The Kier molecular flexibility index (Phi) is 6.19. The van der Waals surface area contributed by atoms with Gasteiger partial charge in [0.05, 0.1) is 6.33 Å². The van der Waals surface area contributed by atoms with Crippen LogP contribution < -0.4 is 10.2 Å². The van der Waals surface area contributed by atoms with Gasteiger partial charge in [-0.1, -0.05) is 32.5 Å². The molecule has 7 heteroatoms. The normalized spacial score (nSPS) is 17.5. The second-order valence-electron chi connectivity index (χ2n) is 8.01. The van der Waals surface area contributed by atoms with E-state index in [4.69, 9.17) is 0 Å². The summed E-state index contributed by atoms with van der Waals surface area (Å²) < 4.78 is 2.17. The second-order valence-corrected chi connectivity index (χ2v) is 8.78. The van der Waals surface area contributed by atoms with Crippen molar-refractivity contribution in [1.29, 1.82) is 0 Å². The molecule has 0 spiro atoms. The number of thioether (sulfide) groups is 1. The molecule has 1 unspecified atom stereocenters. The Hall–Kier alpha value is -1.60. The first-order valence-corrected chi connectivity index (χ1v) is 10.5. The van der Waals surface area contributed by atoms with Crippen molar-refractivity contribution < 1.29 is 0 Å². The Morgan fingerprint density at radius 2 is 2.04 bits per heavy atom. The SMILES string of the molecule is CSc1nccc(N2CCC(NC(Cn3ccnc3)C(C)(C)C)CC2)n1. The standard InChI is InChI=1S/C19H30N6S/c1-19(2,3)16(13-24-12-9-20-14-24)22-15-6-10-25(11-7-15)17-5-8-21-18(23-17)26-4/h5,8-9,12,14-16,22H,6-7,10-11,13H2,1-4H3. The first-order chi connectivity index (χ1) is 12.5. The molecule has 6 nitrogen and oxygen atoms in total. The molecule has 2 aromatic heterocycles. The summed E-state index contributed by atoms with van der Waals surface area (Å²) >= 11 is 1.59. The molecule has 1 N–H and O–H groups in total. The van der Waals surface area contributed by atoms with Gasteiger partial charge in [-0.05, 0) is 30.6 Å². The number of piperidine rings is 1. The Morgan fingerprint density at radius 3 is 2.65 bits per heavy atom. The highest BCUT2D eigenvalue weighted by atomic mass is 32.2. The van der Waals surface area contributed by atoms with Crippen LogP contribution in [-0.4, -0.2) is 50.9 Å². The van der Waals surface area contributed by atoms with Crippen molar-refractivity contribution in [3.63, 3.8) is 0 Å². The molecule has 2 aromatic rings. The molecule has 142 valence electrons. The van der Waals surface area contributed by atoms with Gasteiger partial charge < -0.3 is 14.8 Å². The van der Waals surface area contributed by atoms with Crippen LogP contribution in [0.2, 0.25) is 0 Å². The van der Waals surface area contributed by atoms with E-state index in [9.17, 15) is 0 Å². The van der Waals surface area contributed by atoms with Gasteiger partial charge in [0.1, 0.15) is 5.82 Å². The number of hydrogen-bond donors (Lipinski definition) is 1. The van der Waals surface area contributed by atoms with E-state index < -0.39 is 0 Å². The van der Waals surface area contributed by atoms with Crippen molar-refractivity contribution in [2.24, 2.45) is 5.41 Å². The number of aromatic nitrogens is 4. The molecule has 3 heterocycles. The number of nitrogens with one attached hydrogen (secondary N) is 1. The van der Waals surface area contributed by atoms with Gasteiger partial charge >= 0.3 is 0 Å². The van der Waals surface area contributed by atoms with Crippen LogP contribution in [0.5, 0.6) is 0 Å². The summed E-state index contributed by atoms with van der Waals surface area (Å²) in [6.45, 7) is 9.94. The number of imidazole rings is 1. The summed E-state index contributed by atoms with van der Waals surface area (Å²) in [4.78, 5) is 15.5. The van der Waals surface area contributed by atoms with E-state index in [1.54, 1.807) is 11.8 Å². The molecular weight excluding hydrogens is 344 g/mol. The molecule has 0 amide bonds. The highest BCUT2D eigenvalue weighted by Gasteiger charge is 2.29. The Morgan fingerprint density at radius 1 is 1.27 bits per heavy atom. The molecule has 1 fully saturated rings. The lowest BCUT2D eigenvalue weighted by Gasteiger charge is -2.39. The molecule has 3 rings (SSSR count). The van der Waals surface area contributed by atoms with Crippen LogP contribution in [0.4, 0.5) is 5.82 Å². The summed E-state index contributed by atoms with van der Waals surface area (Å²) in [5, 5.41) is 4.76. The van der Waals surface area contributed by atoms with Gasteiger partial charge in [-0.25, -0.2) is 15.0 Å². The maximum Gasteiger partial charge on any atom is 0.189 e. The van der Waals surface area contributed by atoms with Gasteiger partial charge in [0, 0.05) is 50.3 Å². The molecule has 1 atom stereocenters. The minimum Gasteiger partial charge on any atom is -0.356 e. The van der Waals surface area contributed by atoms with Gasteiger partial charge in [0.2, 0.25) is 0 Å². The van der Waals surface area contributed by atoms with E-state index in [-0.39, 0.29) is 5.41 Å². The van der Waals surface area contributed by atoms with Crippen LogP contribution in [-0.2, 0) is 6.54 Å². The van der Waals surface area contributed by atoms with Crippen molar-refractivity contribution in [1.82, 2.24) is 24.8 Å². The van der Waals surface area contributed by atoms with Crippen molar-refractivity contribution in [3.05, 3.63) is 31.0 Å². The zero-order chi connectivity index (χ0) is 18.6. The monoisotopic (exact) mass is 374 g/mol. The van der Waals surface area contributed by atoms with Crippen LogP contribution >= 0.6 is 11.8 Å². The zero-order valence-electron chi connectivity index (χ0n) is 16.2. The largest absolute Gasteiger partial charge is 0.356 e. The number of hydrogen-bond acceptors (Lipinski definition) is 6. The van der Waals surface area contributed by atoms with Crippen LogP contribution in [0.3, 0.4) is 0 Å². The third kappa shape index (κ3) is 4.98. The van der Waals surface area contributed by atoms with Gasteiger partial charge in [0.25, 0.3) is 0 Å². The number of nitrogens with zero attached hydrogens (tertiary/aromatic N) is 5. The molecule has 1 saturated heterocycles. The molecular formula is C19H30N6S.